The molecule has 2 nitrogen and oxygen atoms in total. The van der Waals surface area contributed by atoms with Crippen LogP contribution in [0.3, 0.4) is 0 Å². The highest BCUT2D eigenvalue weighted by Gasteiger charge is 1.91. The van der Waals surface area contributed by atoms with Crippen LogP contribution in [0.25, 0.3) is 0 Å². The lowest BCUT2D eigenvalue weighted by Gasteiger charge is -2.10. The summed E-state index contributed by atoms with van der Waals surface area (Å²) < 4.78 is 4.85. The summed E-state index contributed by atoms with van der Waals surface area (Å²) >= 11 is 3.01. The average Bonchev–Trinajstić information content (AvgIpc) is 2.16. The van der Waals surface area contributed by atoms with Gasteiger partial charge in [-0.05, 0) is 7.05 Å². The molecule has 0 aliphatic carbocycles. The van der Waals surface area contributed by atoms with E-state index < -0.39 is 0 Å². The minimum Gasteiger partial charge on any atom is -0.383 e. The molecule has 0 atom stereocenters. The number of hydrogen-bond acceptors (Lipinski definition) is 2. The maximum absolute atomic E-state index is 5.07. The van der Waals surface area contributed by atoms with Crippen LogP contribution in [0, 0.1) is 24.7 Å². The molecule has 0 rings (SSSR count). The molecule has 3 heteroatoms. The monoisotopic (exact) mass is 245 g/mol. The maximum Gasteiger partial charge on any atom is 0.0642 e. The molecular weight excluding hydrogens is 230 g/mol. The number of methoxy groups -OCH3 is 1. The third-order valence-electron chi connectivity index (χ3n) is 1.12. The van der Waals surface area contributed by atoms with E-state index in [-0.39, 0.29) is 0 Å². The maximum atomic E-state index is 5.07. The van der Waals surface area contributed by atoms with E-state index in [4.69, 9.17) is 17.6 Å². The van der Waals surface area contributed by atoms with Crippen molar-refractivity contribution < 1.29 is 4.74 Å². The summed E-state index contributed by atoms with van der Waals surface area (Å²) in [5, 5.41) is 0.660. The van der Waals surface area contributed by atoms with E-state index in [1.807, 2.05) is 11.9 Å². The van der Waals surface area contributed by atoms with Gasteiger partial charge in [0, 0.05) is 13.7 Å². The molecule has 0 unspecified atom stereocenters. The number of halogens is 1. The van der Waals surface area contributed by atoms with Crippen molar-refractivity contribution in [1.82, 2.24) is 4.90 Å². The van der Waals surface area contributed by atoms with Gasteiger partial charge in [0.05, 0.1) is 18.5 Å². The van der Waals surface area contributed by atoms with Gasteiger partial charge in [-0.15, -0.1) is 12.8 Å². The van der Waals surface area contributed by atoms with E-state index in [9.17, 15) is 0 Å². The van der Waals surface area contributed by atoms with Crippen LogP contribution < -0.4 is 0 Å². The third kappa shape index (κ3) is 18.5. The van der Waals surface area contributed by atoms with Gasteiger partial charge in [0.1, 0.15) is 0 Å². The van der Waals surface area contributed by atoms with E-state index >= 15 is 0 Å². The summed E-state index contributed by atoms with van der Waals surface area (Å²) in [6, 6.07) is 0. The van der Waals surface area contributed by atoms with Gasteiger partial charge in [0.2, 0.25) is 0 Å². The van der Waals surface area contributed by atoms with Crippen molar-refractivity contribution in [3.63, 3.8) is 0 Å². The van der Waals surface area contributed by atoms with Gasteiger partial charge in [-0.25, -0.2) is 0 Å². The summed E-state index contributed by atoms with van der Waals surface area (Å²) in [5.74, 6) is 4.89. The topological polar surface area (TPSA) is 12.5 Å². The fraction of sp³-hybridized carbons (Fsp3) is 0.600. The lowest BCUT2D eigenvalue weighted by Crippen LogP contribution is -2.22. The Hall–Kier alpha value is -0.480. The van der Waals surface area contributed by atoms with Gasteiger partial charge >= 0.3 is 0 Å². The Morgan fingerprint density at radius 2 is 1.92 bits per heavy atom. The van der Waals surface area contributed by atoms with Crippen molar-refractivity contribution in [3.05, 3.63) is 0 Å². The van der Waals surface area contributed by atoms with E-state index in [0.29, 0.717) is 11.9 Å². The molecule has 0 fully saturated rings. The average molecular weight is 246 g/mol. The Morgan fingerprint density at radius 1 is 1.38 bits per heavy atom. The zero-order valence-corrected chi connectivity index (χ0v) is 9.80. The largest absolute Gasteiger partial charge is 0.383 e. The second-order valence-corrected chi connectivity index (χ2v) is 2.83. The lowest BCUT2D eigenvalue weighted by atomic mass is 10.5. The highest BCUT2D eigenvalue weighted by molar-refractivity contribution is 9.09. The molecule has 13 heavy (non-hydrogen) atoms. The zero-order chi connectivity index (χ0) is 10.5. The third-order valence-corrected chi connectivity index (χ3v) is 1.44. The Labute approximate surface area is 89.8 Å². The second kappa shape index (κ2) is 14.1. The van der Waals surface area contributed by atoms with Gasteiger partial charge in [-0.2, -0.15) is 0 Å². The molecular formula is C10H16BrNO. The van der Waals surface area contributed by atoms with E-state index in [0.717, 1.165) is 13.2 Å². The number of alkyl halides is 1. The van der Waals surface area contributed by atoms with Gasteiger partial charge < -0.3 is 4.74 Å². The Morgan fingerprint density at radius 3 is 2.23 bits per heavy atom. The minimum atomic E-state index is 0.660. The van der Waals surface area contributed by atoms with Gasteiger partial charge in [0.25, 0.3) is 0 Å². The standard InChI is InChI=1S/C7H13NO.C3H3Br/c1-4-5-8(2)6-7-9-3;1-2-3-4/h1H,5-7H2,2-3H3;1H,3H2. The van der Waals surface area contributed by atoms with Crippen molar-refractivity contribution in [3.8, 4) is 24.7 Å². The van der Waals surface area contributed by atoms with Gasteiger partial charge in [-0.1, -0.05) is 27.8 Å². The Bertz CT molecular complexity index is 169. The molecule has 0 aromatic rings. The second-order valence-electron chi connectivity index (χ2n) is 2.27. The van der Waals surface area contributed by atoms with E-state index in [1.54, 1.807) is 7.11 Å². The summed E-state index contributed by atoms with van der Waals surface area (Å²) in [7, 11) is 3.66. The Balaban J connectivity index is 0. The molecule has 0 aromatic carbocycles. The van der Waals surface area contributed by atoms with E-state index in [2.05, 4.69) is 27.8 Å². The predicted octanol–water partition coefficient (Wildman–Crippen LogP) is 1.21. The first-order chi connectivity index (χ1) is 6.22. The molecule has 0 amide bonds. The molecule has 0 spiro atoms. The molecule has 74 valence electrons. The number of hydrogen-bond donors (Lipinski definition) is 0. The van der Waals surface area contributed by atoms with Crippen molar-refractivity contribution in [2.75, 3.05) is 39.2 Å². The van der Waals surface area contributed by atoms with Crippen molar-refractivity contribution in [1.29, 1.82) is 0 Å². The zero-order valence-electron chi connectivity index (χ0n) is 8.22. The molecule has 0 aliphatic heterocycles. The van der Waals surface area contributed by atoms with Crippen LogP contribution in [0.15, 0.2) is 0 Å². The first kappa shape index (κ1) is 15.0. The lowest BCUT2D eigenvalue weighted by molar-refractivity contribution is 0.167. The van der Waals surface area contributed by atoms with Crippen molar-refractivity contribution >= 4 is 15.9 Å². The van der Waals surface area contributed by atoms with Crippen LogP contribution in [-0.2, 0) is 4.74 Å². The summed E-state index contributed by atoms with van der Waals surface area (Å²) in [6.07, 6.45) is 9.80. The van der Waals surface area contributed by atoms with Crippen LogP contribution in [0.5, 0.6) is 0 Å². The normalized spacial score (nSPS) is 8.15. The minimum absolute atomic E-state index is 0.660. The molecule has 0 saturated heterocycles. The quantitative estimate of drug-likeness (QED) is 0.546. The SMILES string of the molecule is C#CCBr.C#CCN(C)CCOC. The van der Waals surface area contributed by atoms with Crippen LogP contribution in [0.4, 0.5) is 0 Å². The van der Waals surface area contributed by atoms with Crippen molar-refractivity contribution in [2.24, 2.45) is 0 Å². The predicted molar refractivity (Wildman–Crippen MR) is 60.8 cm³/mol. The van der Waals surface area contributed by atoms with E-state index in [1.165, 1.54) is 0 Å². The number of likely N-dealkylation sites (N-methyl/N-ethyl adjacent to an activating group) is 1. The molecule has 0 saturated carbocycles. The van der Waals surface area contributed by atoms with Crippen LogP contribution >= 0.6 is 15.9 Å². The smallest absolute Gasteiger partial charge is 0.0642 e. The van der Waals surface area contributed by atoms with Crippen LogP contribution in [0.1, 0.15) is 0 Å². The number of ether oxygens (including phenoxy) is 1. The molecule has 0 aromatic heterocycles. The number of nitrogens with zero attached hydrogens (tertiary/aromatic N) is 1. The molecule has 0 bridgehead atoms. The molecule has 0 radical (unpaired) electrons. The van der Waals surface area contributed by atoms with Crippen LogP contribution in [0.2, 0.25) is 0 Å². The van der Waals surface area contributed by atoms with Crippen molar-refractivity contribution in [2.45, 2.75) is 0 Å². The Kier molecular flexibility index (Phi) is 16.2. The first-order valence-electron chi connectivity index (χ1n) is 3.83. The van der Waals surface area contributed by atoms with Gasteiger partial charge in [0.15, 0.2) is 0 Å². The fourth-order valence-electron chi connectivity index (χ4n) is 0.482. The van der Waals surface area contributed by atoms with Gasteiger partial charge in [-0.3, -0.25) is 4.90 Å². The molecule has 0 N–H and O–H groups in total. The summed E-state index contributed by atoms with van der Waals surface area (Å²) in [5.41, 5.74) is 0. The highest BCUT2D eigenvalue weighted by atomic mass is 79.9. The molecule has 0 aliphatic rings. The number of rotatable bonds is 4. The molecule has 0 heterocycles. The van der Waals surface area contributed by atoms with Crippen LogP contribution in [-0.4, -0.2) is 44.1 Å². The first-order valence-corrected chi connectivity index (χ1v) is 4.95. The summed E-state index contributed by atoms with van der Waals surface area (Å²) in [6.45, 7) is 2.35. The summed E-state index contributed by atoms with van der Waals surface area (Å²) in [4.78, 5) is 2.03. The highest BCUT2D eigenvalue weighted by Crippen LogP contribution is 1.78. The number of terminal acetylenes is 2. The fourth-order valence-corrected chi connectivity index (χ4v) is 0.482.